The van der Waals surface area contributed by atoms with Gasteiger partial charge in [-0.2, -0.15) is 0 Å². The second-order valence-corrected chi connectivity index (χ2v) is 6.17. The van der Waals surface area contributed by atoms with Gasteiger partial charge in [0.05, 0.1) is 12.0 Å². The summed E-state index contributed by atoms with van der Waals surface area (Å²) < 4.78 is 10.1. The smallest absolute Gasteiger partial charge is 0.407 e. The number of amides is 1. The van der Waals surface area contributed by atoms with Gasteiger partial charge in [-0.25, -0.2) is 4.79 Å². The van der Waals surface area contributed by atoms with Crippen LogP contribution in [0, 0.1) is 5.41 Å². The van der Waals surface area contributed by atoms with E-state index >= 15 is 0 Å². The van der Waals surface area contributed by atoms with Gasteiger partial charge in [0, 0.05) is 6.54 Å². The molecule has 0 aliphatic heterocycles. The van der Waals surface area contributed by atoms with E-state index in [9.17, 15) is 9.59 Å². The maximum absolute atomic E-state index is 11.4. The van der Waals surface area contributed by atoms with E-state index in [0.717, 1.165) is 0 Å². The highest BCUT2D eigenvalue weighted by atomic mass is 16.6. The molecule has 0 heterocycles. The number of hydrogen-bond donors (Lipinski definition) is 1. The predicted molar refractivity (Wildman–Crippen MR) is 69.3 cm³/mol. The summed E-state index contributed by atoms with van der Waals surface area (Å²) in [4.78, 5) is 22.7. The minimum absolute atomic E-state index is 0.236. The molecule has 0 aromatic rings. The first-order chi connectivity index (χ1) is 8.02. The normalized spacial score (nSPS) is 11.9. The van der Waals surface area contributed by atoms with Gasteiger partial charge >= 0.3 is 12.1 Å². The van der Waals surface area contributed by atoms with Gasteiger partial charge in [0.1, 0.15) is 5.60 Å². The summed E-state index contributed by atoms with van der Waals surface area (Å²) in [7, 11) is 0. The third-order valence-corrected chi connectivity index (χ3v) is 1.83. The van der Waals surface area contributed by atoms with Crippen LogP contribution in [0.25, 0.3) is 0 Å². The van der Waals surface area contributed by atoms with Gasteiger partial charge in [-0.15, -0.1) is 0 Å². The van der Waals surface area contributed by atoms with Crippen molar-refractivity contribution >= 4 is 12.1 Å². The monoisotopic (exact) mass is 259 g/mol. The van der Waals surface area contributed by atoms with Crippen LogP contribution in [0.15, 0.2) is 0 Å². The van der Waals surface area contributed by atoms with Gasteiger partial charge < -0.3 is 14.8 Å². The molecule has 0 saturated carbocycles. The van der Waals surface area contributed by atoms with E-state index in [1.165, 1.54) is 0 Å². The molecule has 5 heteroatoms. The number of hydrogen-bond acceptors (Lipinski definition) is 4. The Labute approximate surface area is 109 Å². The fraction of sp³-hybridized carbons (Fsp3) is 0.846. The molecule has 18 heavy (non-hydrogen) atoms. The van der Waals surface area contributed by atoms with E-state index in [4.69, 9.17) is 9.47 Å². The van der Waals surface area contributed by atoms with Crippen LogP contribution in [0.5, 0.6) is 0 Å². The lowest BCUT2D eigenvalue weighted by atomic mass is 9.97. The number of alkyl carbamates (subject to hydrolysis) is 1. The Morgan fingerprint density at radius 2 is 1.61 bits per heavy atom. The molecule has 0 radical (unpaired) electrons. The maximum atomic E-state index is 11.4. The third-order valence-electron chi connectivity index (χ3n) is 1.83. The maximum Gasteiger partial charge on any atom is 0.407 e. The highest BCUT2D eigenvalue weighted by Crippen LogP contribution is 2.14. The van der Waals surface area contributed by atoms with Crippen LogP contribution in [-0.2, 0) is 14.3 Å². The Kier molecular flexibility index (Phi) is 6.15. The lowest BCUT2D eigenvalue weighted by molar-refractivity contribution is -0.152. The lowest BCUT2D eigenvalue weighted by Gasteiger charge is -2.20. The molecule has 0 fully saturated rings. The number of carbonyl (C=O) groups is 2. The zero-order valence-corrected chi connectivity index (χ0v) is 12.3. The molecule has 0 saturated heterocycles. The van der Waals surface area contributed by atoms with Crippen molar-refractivity contribution in [2.24, 2.45) is 5.41 Å². The van der Waals surface area contributed by atoms with Crippen LogP contribution in [0.2, 0.25) is 0 Å². The summed E-state index contributed by atoms with van der Waals surface area (Å²) in [5.41, 5.74) is -0.985. The van der Waals surface area contributed by atoms with Crippen LogP contribution >= 0.6 is 0 Å². The molecular weight excluding hydrogens is 234 g/mol. The first-order valence-corrected chi connectivity index (χ1v) is 6.16. The fourth-order valence-electron chi connectivity index (χ4n) is 0.958. The van der Waals surface area contributed by atoms with Gasteiger partial charge in [0.25, 0.3) is 0 Å². The van der Waals surface area contributed by atoms with Crippen molar-refractivity contribution in [1.29, 1.82) is 0 Å². The summed E-state index contributed by atoms with van der Waals surface area (Å²) in [5, 5.41) is 2.60. The van der Waals surface area contributed by atoms with E-state index in [1.54, 1.807) is 41.5 Å². The molecule has 0 unspecified atom stereocenters. The van der Waals surface area contributed by atoms with Crippen molar-refractivity contribution in [2.45, 2.75) is 53.6 Å². The highest BCUT2D eigenvalue weighted by molar-refractivity contribution is 5.75. The van der Waals surface area contributed by atoms with E-state index < -0.39 is 17.1 Å². The van der Waals surface area contributed by atoms with Crippen LogP contribution in [0.3, 0.4) is 0 Å². The zero-order chi connectivity index (χ0) is 14.4. The van der Waals surface area contributed by atoms with Gasteiger partial charge in [-0.05, 0) is 48.0 Å². The van der Waals surface area contributed by atoms with E-state index in [-0.39, 0.29) is 5.97 Å². The standard InChI is InChI=1S/C13H25NO4/c1-12(2,3)10(15)17-9-7-8-14-11(16)18-13(4,5)6/h7-9H2,1-6H3,(H,14,16). The summed E-state index contributed by atoms with van der Waals surface area (Å²) in [6, 6.07) is 0. The van der Waals surface area contributed by atoms with Crippen molar-refractivity contribution in [3.63, 3.8) is 0 Å². The van der Waals surface area contributed by atoms with Crippen LogP contribution < -0.4 is 5.32 Å². The Morgan fingerprint density at radius 1 is 1.06 bits per heavy atom. The first kappa shape index (κ1) is 16.7. The SMILES string of the molecule is CC(C)(C)OC(=O)NCCCOC(=O)C(C)(C)C. The van der Waals surface area contributed by atoms with Crippen molar-refractivity contribution in [2.75, 3.05) is 13.2 Å². The van der Waals surface area contributed by atoms with Crippen LogP contribution in [0.1, 0.15) is 48.0 Å². The minimum atomic E-state index is -0.497. The van der Waals surface area contributed by atoms with Crippen molar-refractivity contribution in [3.05, 3.63) is 0 Å². The Balaban J connectivity index is 3.64. The quantitative estimate of drug-likeness (QED) is 0.622. The van der Waals surface area contributed by atoms with Crippen molar-refractivity contribution < 1.29 is 19.1 Å². The topological polar surface area (TPSA) is 64.6 Å². The van der Waals surface area contributed by atoms with E-state index in [2.05, 4.69) is 5.32 Å². The largest absolute Gasteiger partial charge is 0.465 e. The van der Waals surface area contributed by atoms with Crippen molar-refractivity contribution in [3.8, 4) is 0 Å². The molecule has 0 spiro atoms. The average Bonchev–Trinajstić information content (AvgIpc) is 2.12. The number of nitrogens with one attached hydrogen (secondary N) is 1. The molecule has 0 aromatic heterocycles. The minimum Gasteiger partial charge on any atom is -0.465 e. The van der Waals surface area contributed by atoms with Gasteiger partial charge in [0.15, 0.2) is 0 Å². The predicted octanol–water partition coefficient (Wildman–Crippen LogP) is 2.49. The number of rotatable bonds is 4. The van der Waals surface area contributed by atoms with Gasteiger partial charge in [-0.3, -0.25) is 4.79 Å². The zero-order valence-electron chi connectivity index (χ0n) is 12.3. The molecule has 106 valence electrons. The number of ether oxygens (including phenoxy) is 2. The molecule has 0 aromatic carbocycles. The first-order valence-electron chi connectivity index (χ1n) is 6.16. The second kappa shape index (κ2) is 6.61. The summed E-state index contributed by atoms with van der Waals surface area (Å²) in [6.07, 6.45) is 0.116. The molecule has 0 rings (SSSR count). The number of esters is 1. The Morgan fingerprint density at radius 3 is 2.06 bits per heavy atom. The highest BCUT2D eigenvalue weighted by Gasteiger charge is 2.22. The number of carbonyl (C=O) groups excluding carboxylic acids is 2. The molecule has 0 aliphatic carbocycles. The third kappa shape index (κ3) is 8.84. The van der Waals surface area contributed by atoms with Crippen molar-refractivity contribution in [1.82, 2.24) is 5.32 Å². The summed E-state index contributed by atoms with van der Waals surface area (Å²) in [5.74, 6) is -0.236. The van der Waals surface area contributed by atoms with Gasteiger partial charge in [0.2, 0.25) is 0 Å². The Hall–Kier alpha value is -1.26. The molecule has 0 atom stereocenters. The molecule has 1 amide bonds. The van der Waals surface area contributed by atoms with Crippen LogP contribution in [-0.4, -0.2) is 30.8 Å². The molecule has 1 N–H and O–H groups in total. The molecule has 0 aliphatic rings. The van der Waals surface area contributed by atoms with Crippen LogP contribution in [0.4, 0.5) is 4.79 Å². The average molecular weight is 259 g/mol. The molecular formula is C13H25NO4. The summed E-state index contributed by atoms with van der Waals surface area (Å²) >= 11 is 0. The lowest BCUT2D eigenvalue weighted by Crippen LogP contribution is -2.33. The van der Waals surface area contributed by atoms with E-state index in [1.807, 2.05) is 0 Å². The fourth-order valence-corrected chi connectivity index (χ4v) is 0.958. The molecule has 5 nitrogen and oxygen atoms in total. The molecule has 0 bridgehead atoms. The second-order valence-electron chi connectivity index (χ2n) is 6.17. The summed E-state index contributed by atoms with van der Waals surface area (Å²) in [6.45, 7) is 11.5. The van der Waals surface area contributed by atoms with Gasteiger partial charge in [-0.1, -0.05) is 0 Å². The van der Waals surface area contributed by atoms with E-state index in [0.29, 0.717) is 19.6 Å². The Bertz CT molecular complexity index is 286.